The zero-order chi connectivity index (χ0) is 28.7. The van der Waals surface area contributed by atoms with Crippen molar-refractivity contribution in [2.45, 2.75) is 70.1 Å². The topological polar surface area (TPSA) is 150 Å². The minimum atomic E-state index is -2.59. The van der Waals surface area contributed by atoms with E-state index < -0.39 is 16.1 Å². The van der Waals surface area contributed by atoms with Crippen molar-refractivity contribution in [2.24, 2.45) is 0 Å². The second-order valence-corrected chi connectivity index (χ2v) is 14.0. The third-order valence-corrected chi connectivity index (χ3v) is 9.78. The van der Waals surface area contributed by atoms with Crippen molar-refractivity contribution in [3.05, 3.63) is 30.4 Å². The van der Waals surface area contributed by atoms with Gasteiger partial charge in [-0.15, -0.1) is 5.10 Å². The fourth-order valence-electron chi connectivity index (χ4n) is 5.67. The number of ether oxygens (including phenoxy) is 1. The molecule has 1 saturated carbocycles. The quantitative estimate of drug-likeness (QED) is 0.317. The molecule has 4 heterocycles. The lowest BCUT2D eigenvalue weighted by Gasteiger charge is -2.43. The Balaban J connectivity index is 1.46. The number of anilines is 1. The van der Waals surface area contributed by atoms with Gasteiger partial charge in [-0.05, 0) is 52.5 Å². The maximum absolute atomic E-state index is 13.4. The summed E-state index contributed by atoms with van der Waals surface area (Å²) < 4.78 is 28.8. The SMILES string of the molecule is COC[C@H](C)Nc1ncc2c(-c3cnn(C(C)(C)C(=O)N4CCS(O)(O)CC4)c3)cc([C@H]3CC[C@H](O)CC3)n2n1. The second kappa shape index (κ2) is 11.3. The van der Waals surface area contributed by atoms with Crippen LogP contribution in [-0.2, 0) is 15.1 Å². The lowest BCUT2D eigenvalue weighted by Crippen LogP contribution is -2.51. The van der Waals surface area contributed by atoms with E-state index in [9.17, 15) is 19.0 Å². The van der Waals surface area contributed by atoms with Crippen LogP contribution in [0.1, 0.15) is 58.1 Å². The third kappa shape index (κ3) is 5.84. The highest BCUT2D eigenvalue weighted by Crippen LogP contribution is 2.41. The average molecular weight is 576 g/mol. The summed E-state index contributed by atoms with van der Waals surface area (Å²) in [6.07, 6.45) is 8.47. The number of carbonyl (C=O) groups is 1. The highest BCUT2D eigenvalue weighted by Gasteiger charge is 2.37. The van der Waals surface area contributed by atoms with Crippen molar-refractivity contribution in [3.8, 4) is 11.1 Å². The molecule has 40 heavy (non-hydrogen) atoms. The first-order chi connectivity index (χ1) is 19.0. The Morgan fingerprint density at radius 3 is 2.58 bits per heavy atom. The van der Waals surface area contributed by atoms with Crippen LogP contribution in [0.25, 0.3) is 16.6 Å². The molecule has 2 aliphatic rings. The Kier molecular flexibility index (Phi) is 8.13. The summed E-state index contributed by atoms with van der Waals surface area (Å²) in [4.78, 5) is 19.7. The van der Waals surface area contributed by atoms with Crippen molar-refractivity contribution in [1.29, 1.82) is 0 Å². The van der Waals surface area contributed by atoms with E-state index in [4.69, 9.17) is 9.84 Å². The molecular weight excluding hydrogens is 534 g/mol. The first-order valence-corrected chi connectivity index (χ1v) is 15.8. The van der Waals surface area contributed by atoms with Crippen LogP contribution in [0.5, 0.6) is 0 Å². The number of aliphatic hydroxyl groups excluding tert-OH is 1. The minimum absolute atomic E-state index is 0.0382. The Hall–Kier alpha value is -2.71. The van der Waals surface area contributed by atoms with Gasteiger partial charge in [0.1, 0.15) is 5.54 Å². The van der Waals surface area contributed by atoms with E-state index in [0.29, 0.717) is 25.6 Å². The number of nitrogens with one attached hydrogen (secondary N) is 1. The van der Waals surface area contributed by atoms with Crippen molar-refractivity contribution < 1.29 is 23.7 Å². The molecular formula is C27H41N7O5S. The van der Waals surface area contributed by atoms with Crippen LogP contribution in [0.15, 0.2) is 24.7 Å². The molecule has 220 valence electrons. The molecule has 1 amide bonds. The van der Waals surface area contributed by atoms with Crippen molar-refractivity contribution in [3.63, 3.8) is 0 Å². The number of amides is 1. The van der Waals surface area contributed by atoms with Gasteiger partial charge < -0.3 is 20.1 Å². The number of hydrogen-bond donors (Lipinski definition) is 4. The number of fused-ring (bicyclic) bond motifs is 1. The average Bonchev–Trinajstić information content (AvgIpc) is 3.55. The van der Waals surface area contributed by atoms with Gasteiger partial charge in [0.05, 0.1) is 42.1 Å². The van der Waals surface area contributed by atoms with Crippen LogP contribution in [0.2, 0.25) is 0 Å². The summed E-state index contributed by atoms with van der Waals surface area (Å²) in [6.45, 7) is 6.83. The van der Waals surface area contributed by atoms with Gasteiger partial charge in [0.25, 0.3) is 0 Å². The summed E-state index contributed by atoms with van der Waals surface area (Å²) in [5, 5.41) is 22.8. The van der Waals surface area contributed by atoms with E-state index in [-0.39, 0.29) is 35.5 Å². The number of rotatable bonds is 8. The Morgan fingerprint density at radius 1 is 1.20 bits per heavy atom. The van der Waals surface area contributed by atoms with Gasteiger partial charge >= 0.3 is 0 Å². The molecule has 12 nitrogen and oxygen atoms in total. The number of hydrogen-bond acceptors (Lipinski definition) is 9. The summed E-state index contributed by atoms with van der Waals surface area (Å²) in [5.41, 5.74) is 2.74. The van der Waals surface area contributed by atoms with E-state index in [1.165, 1.54) is 0 Å². The van der Waals surface area contributed by atoms with E-state index in [1.54, 1.807) is 22.9 Å². The highest BCUT2D eigenvalue weighted by molar-refractivity contribution is 8.24. The molecule has 1 aliphatic heterocycles. The van der Waals surface area contributed by atoms with Crippen LogP contribution >= 0.6 is 10.6 Å². The number of carbonyl (C=O) groups excluding carboxylic acids is 1. The molecule has 3 aromatic heterocycles. The molecule has 0 spiro atoms. The van der Waals surface area contributed by atoms with Gasteiger partial charge in [-0.3, -0.25) is 18.6 Å². The molecule has 0 bridgehead atoms. The van der Waals surface area contributed by atoms with Crippen molar-refractivity contribution in [1.82, 2.24) is 29.3 Å². The van der Waals surface area contributed by atoms with Crippen LogP contribution in [0.3, 0.4) is 0 Å². The summed E-state index contributed by atoms with van der Waals surface area (Å²) >= 11 is 0. The summed E-state index contributed by atoms with van der Waals surface area (Å²) in [7, 11) is -0.930. The number of nitrogens with zero attached hydrogens (tertiary/aromatic N) is 6. The zero-order valence-corrected chi connectivity index (χ0v) is 24.5. The zero-order valence-electron chi connectivity index (χ0n) is 23.7. The molecule has 2 fully saturated rings. The number of methoxy groups -OCH3 is 1. The third-order valence-electron chi connectivity index (χ3n) is 8.11. The normalized spacial score (nSPS) is 23.2. The first kappa shape index (κ1) is 28.8. The molecule has 13 heteroatoms. The maximum atomic E-state index is 13.4. The summed E-state index contributed by atoms with van der Waals surface area (Å²) in [6, 6.07) is 2.18. The van der Waals surface area contributed by atoms with Gasteiger partial charge in [-0.1, -0.05) is 0 Å². The lowest BCUT2D eigenvalue weighted by atomic mass is 9.85. The Bertz CT molecular complexity index is 1340. The molecule has 0 radical (unpaired) electrons. The monoisotopic (exact) mass is 575 g/mol. The standard InChI is InChI=1S/C27H41N7O5S/c1-18(17-39-4)30-26-28-15-24-22(13-23(34(24)31-26)19-5-7-21(35)8-6-19)20-14-29-33(16-20)27(2,3)25(36)32-9-11-40(37,38)12-10-32/h13-16,18-19,21,35,37-38H,5-12,17H2,1-4H3,(H,30,31)/t18-,19-,21-/m0/s1. The maximum Gasteiger partial charge on any atom is 0.250 e. The Labute approximate surface area is 236 Å². The first-order valence-electron chi connectivity index (χ1n) is 13.9. The van der Waals surface area contributed by atoms with E-state index in [2.05, 4.69) is 21.5 Å². The predicted octanol–water partition coefficient (Wildman–Crippen LogP) is 3.39. The summed E-state index contributed by atoms with van der Waals surface area (Å²) in [5.74, 6) is 1.07. The number of aromatic nitrogens is 5. The fraction of sp³-hybridized carbons (Fsp3) is 0.630. The molecule has 4 N–H and O–H groups in total. The highest BCUT2D eigenvalue weighted by atomic mass is 32.3. The van der Waals surface area contributed by atoms with Crippen LogP contribution < -0.4 is 5.32 Å². The van der Waals surface area contributed by atoms with E-state index in [1.807, 2.05) is 37.7 Å². The smallest absolute Gasteiger partial charge is 0.250 e. The molecule has 1 aliphatic carbocycles. The molecule has 1 atom stereocenters. The minimum Gasteiger partial charge on any atom is -0.393 e. The van der Waals surface area contributed by atoms with E-state index in [0.717, 1.165) is 48.0 Å². The van der Waals surface area contributed by atoms with Gasteiger partial charge in [-0.25, -0.2) is 9.50 Å². The van der Waals surface area contributed by atoms with Gasteiger partial charge in [0.2, 0.25) is 11.9 Å². The molecule has 3 aromatic rings. The molecule has 5 rings (SSSR count). The molecule has 1 saturated heterocycles. The van der Waals surface area contributed by atoms with Crippen molar-refractivity contribution >= 4 is 28.0 Å². The van der Waals surface area contributed by atoms with Gasteiger partial charge in [0.15, 0.2) is 0 Å². The Morgan fingerprint density at radius 2 is 1.90 bits per heavy atom. The van der Waals surface area contributed by atoms with Crippen LogP contribution in [-0.4, -0.2) is 99.9 Å². The van der Waals surface area contributed by atoms with E-state index >= 15 is 0 Å². The van der Waals surface area contributed by atoms with Crippen LogP contribution in [0.4, 0.5) is 5.95 Å². The second-order valence-electron chi connectivity index (χ2n) is 11.6. The van der Waals surface area contributed by atoms with Gasteiger partial charge in [-0.2, -0.15) is 15.7 Å². The molecule has 0 unspecified atom stereocenters. The van der Waals surface area contributed by atoms with Crippen molar-refractivity contribution in [2.75, 3.05) is 43.6 Å². The van der Waals surface area contributed by atoms with Gasteiger partial charge in [0, 0.05) is 55.2 Å². The lowest BCUT2D eigenvalue weighted by molar-refractivity contribution is -0.139. The van der Waals surface area contributed by atoms with Crippen LogP contribution in [0, 0.1) is 0 Å². The predicted molar refractivity (Wildman–Crippen MR) is 155 cm³/mol. The fourth-order valence-corrected chi connectivity index (χ4v) is 6.90. The molecule has 0 aromatic carbocycles. The largest absolute Gasteiger partial charge is 0.393 e. The number of aliphatic hydroxyl groups is 1.